The predicted molar refractivity (Wildman–Crippen MR) is 54.6 cm³/mol. The van der Waals surface area contributed by atoms with E-state index in [4.69, 9.17) is 14.9 Å². The molecular weight excluding hydrogens is 168 g/mol. The summed E-state index contributed by atoms with van der Waals surface area (Å²) in [5, 5.41) is 16.5. The Bertz CT molecular complexity index is 103. The van der Waals surface area contributed by atoms with Crippen LogP contribution in [0.25, 0.3) is 0 Å². The standard InChI is InChI=1S/C6H10O.C4H10O2/c1-3-5-7-6-4-2;1-4(6)2-3-5/h3-4H,1-2,5-6H2;4-6H,2-3H2,1H3. The highest BCUT2D eigenvalue weighted by Gasteiger charge is 1.88. The quantitative estimate of drug-likeness (QED) is 0.485. The molecule has 3 heteroatoms. The summed E-state index contributed by atoms with van der Waals surface area (Å²) in [4.78, 5) is 0. The summed E-state index contributed by atoms with van der Waals surface area (Å²) in [6, 6.07) is 0. The van der Waals surface area contributed by atoms with Crippen LogP contribution in [0, 0.1) is 0 Å². The van der Waals surface area contributed by atoms with Gasteiger partial charge in [-0.1, -0.05) is 12.2 Å². The third kappa shape index (κ3) is 24.6. The molecule has 0 aromatic rings. The maximum absolute atomic E-state index is 8.39. The lowest BCUT2D eigenvalue weighted by atomic mass is 10.3. The lowest BCUT2D eigenvalue weighted by molar-refractivity contribution is 0.148. The molecule has 0 rings (SSSR count). The summed E-state index contributed by atoms with van der Waals surface area (Å²) in [7, 11) is 0. The molecule has 1 unspecified atom stereocenters. The van der Waals surface area contributed by atoms with Crippen molar-refractivity contribution in [3.63, 3.8) is 0 Å². The first-order chi connectivity index (χ1) is 6.18. The van der Waals surface area contributed by atoms with Crippen molar-refractivity contribution in [3.05, 3.63) is 25.3 Å². The second kappa shape index (κ2) is 13.9. The molecular formula is C10H20O3. The largest absolute Gasteiger partial charge is 0.396 e. The van der Waals surface area contributed by atoms with Crippen LogP contribution in [0.1, 0.15) is 13.3 Å². The van der Waals surface area contributed by atoms with E-state index in [1.807, 2.05) is 0 Å². The van der Waals surface area contributed by atoms with Crippen LogP contribution in [0.3, 0.4) is 0 Å². The van der Waals surface area contributed by atoms with Gasteiger partial charge in [-0.15, -0.1) is 13.2 Å². The number of hydrogen-bond donors (Lipinski definition) is 2. The van der Waals surface area contributed by atoms with E-state index in [9.17, 15) is 0 Å². The Balaban J connectivity index is 0. The monoisotopic (exact) mass is 188 g/mol. The number of rotatable bonds is 6. The molecule has 0 fully saturated rings. The maximum atomic E-state index is 8.39. The Kier molecular flexibility index (Phi) is 15.9. The first-order valence-corrected chi connectivity index (χ1v) is 4.27. The second-order valence-electron chi connectivity index (χ2n) is 2.48. The average molecular weight is 188 g/mol. The van der Waals surface area contributed by atoms with E-state index >= 15 is 0 Å². The van der Waals surface area contributed by atoms with Crippen LogP contribution in [0.5, 0.6) is 0 Å². The predicted octanol–water partition coefficient (Wildman–Crippen LogP) is 1.12. The fourth-order valence-corrected chi connectivity index (χ4v) is 0.422. The number of ether oxygens (including phenoxy) is 1. The smallest absolute Gasteiger partial charge is 0.0649 e. The molecule has 0 aliphatic rings. The molecule has 0 bridgehead atoms. The van der Waals surface area contributed by atoms with E-state index < -0.39 is 0 Å². The summed E-state index contributed by atoms with van der Waals surface area (Å²) in [5.74, 6) is 0. The van der Waals surface area contributed by atoms with E-state index in [0.29, 0.717) is 19.6 Å². The minimum Gasteiger partial charge on any atom is -0.396 e. The normalized spacial score (nSPS) is 11.0. The van der Waals surface area contributed by atoms with Crippen LogP contribution in [0.4, 0.5) is 0 Å². The van der Waals surface area contributed by atoms with E-state index in [-0.39, 0.29) is 12.7 Å². The molecule has 2 N–H and O–H groups in total. The van der Waals surface area contributed by atoms with Crippen LogP contribution < -0.4 is 0 Å². The minimum absolute atomic E-state index is 0.0810. The van der Waals surface area contributed by atoms with Crippen LogP contribution in [-0.4, -0.2) is 36.1 Å². The molecule has 78 valence electrons. The van der Waals surface area contributed by atoms with Crippen molar-refractivity contribution < 1.29 is 14.9 Å². The van der Waals surface area contributed by atoms with Crippen molar-refractivity contribution in [2.45, 2.75) is 19.4 Å². The lowest BCUT2D eigenvalue weighted by Gasteiger charge is -1.95. The minimum atomic E-state index is -0.352. The molecule has 1 atom stereocenters. The van der Waals surface area contributed by atoms with E-state index in [1.165, 1.54) is 0 Å². The zero-order valence-electron chi connectivity index (χ0n) is 8.28. The molecule has 0 aliphatic heterocycles. The Morgan fingerprint density at radius 2 is 1.77 bits per heavy atom. The van der Waals surface area contributed by atoms with E-state index in [2.05, 4.69) is 13.2 Å². The molecule has 0 amide bonds. The van der Waals surface area contributed by atoms with Gasteiger partial charge in [0.2, 0.25) is 0 Å². The van der Waals surface area contributed by atoms with E-state index in [0.717, 1.165) is 0 Å². The van der Waals surface area contributed by atoms with Gasteiger partial charge >= 0.3 is 0 Å². The lowest BCUT2D eigenvalue weighted by Crippen LogP contribution is -2.00. The van der Waals surface area contributed by atoms with Gasteiger partial charge in [-0.3, -0.25) is 0 Å². The van der Waals surface area contributed by atoms with Gasteiger partial charge in [0.25, 0.3) is 0 Å². The van der Waals surface area contributed by atoms with Crippen LogP contribution >= 0.6 is 0 Å². The van der Waals surface area contributed by atoms with Gasteiger partial charge in [0.15, 0.2) is 0 Å². The Labute approximate surface area is 80.4 Å². The third-order valence-corrected chi connectivity index (χ3v) is 1.02. The molecule has 13 heavy (non-hydrogen) atoms. The summed E-state index contributed by atoms with van der Waals surface area (Å²) >= 11 is 0. The zero-order chi connectivity index (χ0) is 10.5. The summed E-state index contributed by atoms with van der Waals surface area (Å²) in [6.45, 7) is 9.91. The summed E-state index contributed by atoms with van der Waals surface area (Å²) in [5.41, 5.74) is 0. The van der Waals surface area contributed by atoms with Gasteiger partial charge in [-0.05, 0) is 13.3 Å². The van der Waals surface area contributed by atoms with Crippen molar-refractivity contribution >= 4 is 0 Å². The van der Waals surface area contributed by atoms with E-state index in [1.54, 1.807) is 19.1 Å². The first-order valence-electron chi connectivity index (χ1n) is 4.27. The van der Waals surface area contributed by atoms with Gasteiger partial charge in [-0.2, -0.15) is 0 Å². The van der Waals surface area contributed by atoms with Crippen LogP contribution in [0.15, 0.2) is 25.3 Å². The second-order valence-corrected chi connectivity index (χ2v) is 2.48. The highest BCUT2D eigenvalue weighted by Crippen LogP contribution is 1.83. The molecule has 0 saturated heterocycles. The van der Waals surface area contributed by atoms with Crippen molar-refractivity contribution in [2.24, 2.45) is 0 Å². The van der Waals surface area contributed by atoms with Gasteiger partial charge in [0.05, 0.1) is 19.3 Å². The van der Waals surface area contributed by atoms with Crippen molar-refractivity contribution in [3.8, 4) is 0 Å². The third-order valence-electron chi connectivity index (χ3n) is 1.02. The molecule has 0 heterocycles. The fourth-order valence-electron chi connectivity index (χ4n) is 0.422. The van der Waals surface area contributed by atoms with Gasteiger partial charge in [0, 0.05) is 6.61 Å². The van der Waals surface area contributed by atoms with Crippen LogP contribution in [0.2, 0.25) is 0 Å². The Hall–Kier alpha value is -0.640. The van der Waals surface area contributed by atoms with Crippen molar-refractivity contribution in [2.75, 3.05) is 19.8 Å². The molecule has 0 radical (unpaired) electrons. The number of hydrogen-bond acceptors (Lipinski definition) is 3. The highest BCUT2D eigenvalue weighted by atomic mass is 16.5. The van der Waals surface area contributed by atoms with Gasteiger partial charge in [0.1, 0.15) is 0 Å². The highest BCUT2D eigenvalue weighted by molar-refractivity contribution is 4.68. The SMILES string of the molecule is C=CCOCC=C.CC(O)CCO. The Morgan fingerprint density at radius 1 is 1.31 bits per heavy atom. The zero-order valence-corrected chi connectivity index (χ0v) is 8.28. The van der Waals surface area contributed by atoms with Gasteiger partial charge in [-0.25, -0.2) is 0 Å². The first kappa shape index (κ1) is 14.9. The summed E-state index contributed by atoms with van der Waals surface area (Å²) < 4.78 is 4.90. The Morgan fingerprint density at radius 3 is 1.92 bits per heavy atom. The fraction of sp³-hybridized carbons (Fsp3) is 0.600. The number of aliphatic hydroxyl groups is 2. The maximum Gasteiger partial charge on any atom is 0.0649 e. The van der Waals surface area contributed by atoms with Crippen LogP contribution in [-0.2, 0) is 4.74 Å². The molecule has 0 aromatic carbocycles. The number of aliphatic hydroxyl groups excluding tert-OH is 2. The average Bonchev–Trinajstić information content (AvgIpc) is 2.06. The molecule has 0 aliphatic carbocycles. The topological polar surface area (TPSA) is 49.7 Å². The summed E-state index contributed by atoms with van der Waals surface area (Å²) in [6.07, 6.45) is 3.56. The van der Waals surface area contributed by atoms with Crippen molar-refractivity contribution in [1.29, 1.82) is 0 Å². The molecule has 0 aromatic heterocycles. The molecule has 0 spiro atoms. The van der Waals surface area contributed by atoms with Crippen molar-refractivity contribution in [1.82, 2.24) is 0 Å². The molecule has 3 nitrogen and oxygen atoms in total. The van der Waals surface area contributed by atoms with Gasteiger partial charge < -0.3 is 14.9 Å². The molecule has 0 saturated carbocycles.